The molecule has 0 saturated heterocycles. The van der Waals surface area contributed by atoms with Gasteiger partial charge < -0.3 is 10.1 Å². The maximum absolute atomic E-state index is 12.6. The summed E-state index contributed by atoms with van der Waals surface area (Å²) < 4.78 is 33.5. The molecule has 3 N–H and O–H groups in total. The van der Waals surface area contributed by atoms with E-state index in [9.17, 15) is 13.2 Å². The Labute approximate surface area is 209 Å². The van der Waals surface area contributed by atoms with Gasteiger partial charge in [0.15, 0.2) is 11.2 Å². The van der Waals surface area contributed by atoms with Crippen molar-refractivity contribution in [2.75, 3.05) is 5.32 Å². The maximum atomic E-state index is 12.6. The highest BCUT2D eigenvalue weighted by Crippen LogP contribution is 2.28. The lowest BCUT2D eigenvalue weighted by atomic mass is 9.96. The van der Waals surface area contributed by atoms with Crippen molar-refractivity contribution < 1.29 is 17.9 Å². The summed E-state index contributed by atoms with van der Waals surface area (Å²) >= 11 is 17.1. The van der Waals surface area contributed by atoms with Gasteiger partial charge in [-0.1, -0.05) is 42.5 Å². The summed E-state index contributed by atoms with van der Waals surface area (Å²) in [5.41, 5.74) is 0.534. The van der Waals surface area contributed by atoms with Crippen LogP contribution in [0.5, 0.6) is 5.75 Å². The molecule has 1 aliphatic carbocycles. The zero-order valence-corrected chi connectivity index (χ0v) is 21.1. The van der Waals surface area contributed by atoms with Crippen molar-refractivity contribution in [1.82, 2.24) is 10.0 Å². The lowest BCUT2D eigenvalue weighted by molar-refractivity contribution is -0.125. The van der Waals surface area contributed by atoms with Gasteiger partial charge in [-0.2, -0.15) is 0 Å². The molecule has 7 nitrogen and oxygen atoms in total. The summed E-state index contributed by atoms with van der Waals surface area (Å²) in [4.78, 5) is 12.6. The number of sulfonamides is 1. The van der Waals surface area contributed by atoms with Gasteiger partial charge in [-0.3, -0.25) is 10.1 Å². The van der Waals surface area contributed by atoms with Crippen molar-refractivity contribution >= 4 is 62.2 Å². The Bertz CT molecular complexity index is 1110. The van der Waals surface area contributed by atoms with E-state index in [0.717, 1.165) is 32.1 Å². The largest absolute Gasteiger partial charge is 0.479 e. The first kappa shape index (κ1) is 25.7. The summed E-state index contributed by atoms with van der Waals surface area (Å²) in [5, 5.41) is 6.18. The van der Waals surface area contributed by atoms with Crippen molar-refractivity contribution in [1.29, 1.82) is 0 Å². The van der Waals surface area contributed by atoms with Gasteiger partial charge in [0.2, 0.25) is 10.0 Å². The number of benzene rings is 2. The van der Waals surface area contributed by atoms with Crippen LogP contribution in [0.3, 0.4) is 0 Å². The average Bonchev–Trinajstić information content (AvgIpc) is 2.76. The van der Waals surface area contributed by atoms with Gasteiger partial charge in [0.05, 0.1) is 9.92 Å². The lowest BCUT2D eigenvalue weighted by Gasteiger charge is -2.22. The maximum Gasteiger partial charge on any atom is 0.266 e. The Morgan fingerprint density at radius 2 is 1.76 bits per heavy atom. The normalized spacial score (nSPS) is 15.5. The first-order chi connectivity index (χ1) is 15.6. The summed E-state index contributed by atoms with van der Waals surface area (Å²) in [6, 6.07) is 10.8. The SMILES string of the molecule is CC(Oc1ccc(Cl)cc1Cl)C(=O)NC(=S)Nc1ccc(S(=O)(=O)NC2CCCCC2)cc1. The number of hydrogen-bond acceptors (Lipinski definition) is 5. The second kappa shape index (κ2) is 11.5. The number of ether oxygens (including phenoxy) is 1. The Balaban J connectivity index is 1.52. The second-order valence-corrected chi connectivity index (χ2v) is 10.7. The predicted molar refractivity (Wildman–Crippen MR) is 135 cm³/mol. The molecule has 1 fully saturated rings. The van der Waals surface area contributed by atoms with E-state index in [2.05, 4.69) is 15.4 Å². The van der Waals surface area contributed by atoms with Gasteiger partial charge in [-0.05, 0) is 74.4 Å². The summed E-state index contributed by atoms with van der Waals surface area (Å²) in [5.74, 6) is -0.157. The van der Waals surface area contributed by atoms with Crippen molar-refractivity contribution in [3.63, 3.8) is 0 Å². The number of carbonyl (C=O) groups is 1. The minimum atomic E-state index is -3.59. The molecular formula is C22H25Cl2N3O4S2. The molecule has 0 bridgehead atoms. The van der Waals surface area contributed by atoms with E-state index in [4.69, 9.17) is 40.2 Å². The highest BCUT2D eigenvalue weighted by molar-refractivity contribution is 7.89. The molecule has 1 aliphatic rings. The number of nitrogens with one attached hydrogen (secondary N) is 3. The van der Waals surface area contributed by atoms with Crippen molar-refractivity contribution in [2.24, 2.45) is 0 Å². The van der Waals surface area contributed by atoms with Crippen LogP contribution in [0, 0.1) is 0 Å². The minimum Gasteiger partial charge on any atom is -0.479 e. The van der Waals surface area contributed by atoms with Crippen LogP contribution < -0.4 is 20.1 Å². The third-order valence-corrected chi connectivity index (χ3v) is 7.42. The first-order valence-corrected chi connectivity index (χ1v) is 13.1. The molecule has 2 aromatic rings. The van der Waals surface area contributed by atoms with Crippen LogP contribution in [0.4, 0.5) is 5.69 Å². The smallest absolute Gasteiger partial charge is 0.266 e. The number of anilines is 1. The van der Waals surface area contributed by atoms with Crippen molar-refractivity contribution in [2.45, 2.75) is 56.1 Å². The third-order valence-electron chi connectivity index (χ3n) is 5.15. The third kappa shape index (κ3) is 7.55. The topological polar surface area (TPSA) is 96.5 Å². The van der Waals surface area contributed by atoms with Crippen LogP contribution in [0.2, 0.25) is 10.0 Å². The molecule has 33 heavy (non-hydrogen) atoms. The molecule has 0 spiro atoms. The molecule has 3 rings (SSSR count). The van der Waals surface area contributed by atoms with Crippen LogP contribution >= 0.6 is 35.4 Å². The number of amides is 1. The minimum absolute atomic E-state index is 0.0173. The molecular weight excluding hydrogens is 505 g/mol. The average molecular weight is 530 g/mol. The Hall–Kier alpha value is -1.91. The molecule has 11 heteroatoms. The Morgan fingerprint density at radius 1 is 1.09 bits per heavy atom. The van der Waals surface area contributed by atoms with Crippen LogP contribution in [0.25, 0.3) is 0 Å². The van der Waals surface area contributed by atoms with Gasteiger partial charge in [0.1, 0.15) is 5.75 Å². The molecule has 1 unspecified atom stereocenters. The zero-order chi connectivity index (χ0) is 24.0. The fraction of sp³-hybridized carbons (Fsp3) is 0.364. The second-order valence-electron chi connectivity index (χ2n) is 7.76. The highest BCUT2D eigenvalue weighted by atomic mass is 35.5. The standard InChI is InChI=1S/C22H25Cl2N3O4S2/c1-14(31-20-12-7-15(23)13-19(20)24)21(28)26-22(32)25-16-8-10-18(11-9-16)33(29,30)27-17-5-3-2-4-6-17/h7-14,17,27H,2-6H2,1H3,(H2,25,26,28,32). The fourth-order valence-corrected chi connectivity index (χ4v) is 5.39. The van der Waals surface area contributed by atoms with Gasteiger partial charge >= 0.3 is 0 Å². The summed E-state index contributed by atoms with van der Waals surface area (Å²) in [7, 11) is -3.59. The predicted octanol–water partition coefficient (Wildman–Crippen LogP) is 4.88. The summed E-state index contributed by atoms with van der Waals surface area (Å²) in [6.45, 7) is 1.56. The van der Waals surface area contributed by atoms with E-state index < -0.39 is 22.0 Å². The van der Waals surface area contributed by atoms with Crippen LogP contribution in [-0.2, 0) is 14.8 Å². The molecule has 1 atom stereocenters. The molecule has 0 radical (unpaired) electrons. The number of halogens is 2. The van der Waals surface area contributed by atoms with E-state index in [-0.39, 0.29) is 21.1 Å². The van der Waals surface area contributed by atoms with Crippen molar-refractivity contribution in [3.8, 4) is 5.75 Å². The highest BCUT2D eigenvalue weighted by Gasteiger charge is 2.22. The van der Waals surface area contributed by atoms with Gasteiger partial charge in [-0.15, -0.1) is 0 Å². The Kier molecular flexibility index (Phi) is 8.95. The van der Waals surface area contributed by atoms with Crippen LogP contribution in [0.15, 0.2) is 47.4 Å². The van der Waals surface area contributed by atoms with Crippen LogP contribution in [-0.4, -0.2) is 31.6 Å². The molecule has 0 aromatic heterocycles. The summed E-state index contributed by atoms with van der Waals surface area (Å²) in [6.07, 6.45) is 4.07. The molecule has 1 amide bonds. The quantitative estimate of drug-likeness (QED) is 0.442. The van der Waals surface area contributed by atoms with Gasteiger partial charge in [0.25, 0.3) is 5.91 Å². The van der Waals surface area contributed by atoms with E-state index in [1.54, 1.807) is 31.2 Å². The number of thiocarbonyl (C=S) groups is 1. The molecule has 0 heterocycles. The molecule has 0 aliphatic heterocycles. The number of hydrogen-bond donors (Lipinski definition) is 3. The van der Waals surface area contributed by atoms with E-state index in [1.165, 1.54) is 18.2 Å². The Morgan fingerprint density at radius 3 is 2.39 bits per heavy atom. The molecule has 178 valence electrons. The van der Waals surface area contributed by atoms with Crippen LogP contribution in [0.1, 0.15) is 39.0 Å². The molecule has 1 saturated carbocycles. The number of rotatable bonds is 7. The monoisotopic (exact) mass is 529 g/mol. The first-order valence-electron chi connectivity index (χ1n) is 10.5. The van der Waals surface area contributed by atoms with E-state index >= 15 is 0 Å². The van der Waals surface area contributed by atoms with Gasteiger partial charge in [0, 0.05) is 16.8 Å². The number of carbonyl (C=O) groups excluding carboxylic acids is 1. The van der Waals surface area contributed by atoms with Crippen molar-refractivity contribution in [3.05, 3.63) is 52.5 Å². The van der Waals surface area contributed by atoms with Gasteiger partial charge in [-0.25, -0.2) is 13.1 Å². The molecule has 2 aromatic carbocycles. The zero-order valence-electron chi connectivity index (χ0n) is 17.9. The van der Waals surface area contributed by atoms with E-state index in [1.807, 2.05) is 0 Å². The fourth-order valence-electron chi connectivity index (χ4n) is 3.42. The lowest BCUT2D eigenvalue weighted by Crippen LogP contribution is -2.42. The van der Waals surface area contributed by atoms with E-state index in [0.29, 0.717) is 16.5 Å².